The molecule has 0 N–H and O–H groups in total. The molecule has 0 radical (unpaired) electrons. The molecule has 0 spiro atoms. The van der Waals surface area contributed by atoms with Crippen LogP contribution in [0.1, 0.15) is 43.6 Å². The summed E-state index contributed by atoms with van der Waals surface area (Å²) in [4.78, 5) is 12.3. The summed E-state index contributed by atoms with van der Waals surface area (Å²) in [6.45, 7) is 10.1. The topological polar surface area (TPSA) is 17.1 Å². The monoisotopic (exact) mass is 234 g/mol. The molecule has 1 aromatic carbocycles. The van der Waals surface area contributed by atoms with Gasteiger partial charge in [0.25, 0.3) is 0 Å². The number of ketones is 1. The molecule has 0 bridgehead atoms. The van der Waals surface area contributed by atoms with Gasteiger partial charge in [-0.2, -0.15) is 0 Å². The molecule has 2 rings (SSSR count). The number of rotatable bonds is 2. The molecule has 0 atom stereocenters. The molecule has 92 valence electrons. The second kappa shape index (κ2) is 3.41. The molecule has 0 aliphatic heterocycles. The van der Waals surface area contributed by atoms with Crippen LogP contribution in [-0.4, -0.2) is 5.78 Å². The van der Waals surface area contributed by atoms with Crippen LogP contribution in [0.5, 0.6) is 0 Å². The fraction of sp³-hybridized carbons (Fsp3) is 0.533. The average molecular weight is 234 g/mol. The molecule has 0 heterocycles. The molecule has 1 fully saturated rings. The summed E-state index contributed by atoms with van der Waals surface area (Å²) in [7, 11) is 0. The highest BCUT2D eigenvalue weighted by molar-refractivity contribution is 6.01. The quantitative estimate of drug-likeness (QED) is 0.707. The van der Waals surface area contributed by atoms with Gasteiger partial charge in [-0.3, -0.25) is 4.79 Å². The van der Waals surface area contributed by atoms with Crippen LogP contribution in [0.3, 0.4) is 0 Å². The Morgan fingerprint density at radius 2 is 1.71 bits per heavy atom. The van der Waals surface area contributed by atoms with Crippen LogP contribution in [0.4, 0.5) is 4.39 Å². The lowest BCUT2D eigenvalue weighted by atomic mass is 10.0. The van der Waals surface area contributed by atoms with Crippen molar-refractivity contribution in [3.63, 3.8) is 0 Å². The third kappa shape index (κ3) is 1.62. The minimum absolute atomic E-state index is 0.00268. The van der Waals surface area contributed by atoms with Crippen LogP contribution in [0.15, 0.2) is 18.2 Å². The molecule has 1 aliphatic rings. The van der Waals surface area contributed by atoms with E-state index in [4.69, 9.17) is 0 Å². The van der Waals surface area contributed by atoms with Crippen molar-refractivity contribution in [3.8, 4) is 0 Å². The number of benzene rings is 1. The first kappa shape index (κ1) is 12.3. The van der Waals surface area contributed by atoms with Crippen LogP contribution >= 0.6 is 0 Å². The van der Waals surface area contributed by atoms with Crippen molar-refractivity contribution in [2.75, 3.05) is 0 Å². The van der Waals surface area contributed by atoms with Gasteiger partial charge in [-0.05, 0) is 29.4 Å². The van der Waals surface area contributed by atoms with E-state index in [2.05, 4.69) is 27.7 Å². The van der Waals surface area contributed by atoms with E-state index in [0.717, 1.165) is 0 Å². The van der Waals surface area contributed by atoms with Gasteiger partial charge < -0.3 is 0 Å². The first-order valence-electron chi connectivity index (χ1n) is 6.00. The van der Waals surface area contributed by atoms with E-state index in [9.17, 15) is 9.18 Å². The number of halogens is 1. The van der Waals surface area contributed by atoms with Gasteiger partial charge in [-0.25, -0.2) is 4.39 Å². The molecule has 17 heavy (non-hydrogen) atoms. The maximum absolute atomic E-state index is 13.5. The molecule has 1 saturated carbocycles. The Morgan fingerprint density at radius 3 is 2.12 bits per heavy atom. The fourth-order valence-corrected chi connectivity index (χ4v) is 2.76. The second-order valence-electron chi connectivity index (χ2n) is 6.20. The molecular weight excluding hydrogens is 215 g/mol. The lowest BCUT2D eigenvalue weighted by Crippen LogP contribution is -2.08. The zero-order valence-corrected chi connectivity index (χ0v) is 11.1. The zero-order valence-electron chi connectivity index (χ0n) is 11.1. The Kier molecular flexibility index (Phi) is 2.46. The lowest BCUT2D eigenvalue weighted by Gasteiger charge is -2.04. The van der Waals surface area contributed by atoms with Gasteiger partial charge in [-0.1, -0.05) is 39.8 Å². The van der Waals surface area contributed by atoms with Gasteiger partial charge >= 0.3 is 0 Å². The van der Waals surface area contributed by atoms with E-state index in [0.29, 0.717) is 11.1 Å². The van der Waals surface area contributed by atoms with E-state index in [1.54, 1.807) is 19.1 Å². The van der Waals surface area contributed by atoms with E-state index < -0.39 is 0 Å². The molecule has 1 nitrogen and oxygen atoms in total. The van der Waals surface area contributed by atoms with Crippen LogP contribution in [0.25, 0.3) is 0 Å². The summed E-state index contributed by atoms with van der Waals surface area (Å²) in [5, 5.41) is 0. The number of carbonyl (C=O) groups excluding carboxylic acids is 1. The standard InChI is InChI=1S/C15H19FO/c1-9-6-7-10(8-11(9)16)12(17)13-14(2,3)15(13,4)5/h6-8,13H,1-5H3. The summed E-state index contributed by atoms with van der Waals surface area (Å²) in [6.07, 6.45) is 0. The fourth-order valence-electron chi connectivity index (χ4n) is 2.76. The zero-order chi connectivity index (χ0) is 13.0. The third-order valence-electron chi connectivity index (χ3n) is 4.74. The van der Waals surface area contributed by atoms with Crippen LogP contribution in [0.2, 0.25) is 0 Å². The number of carbonyl (C=O) groups is 1. The summed E-state index contributed by atoms with van der Waals surface area (Å²) >= 11 is 0. The van der Waals surface area contributed by atoms with E-state index in [1.165, 1.54) is 6.07 Å². The van der Waals surface area contributed by atoms with Crippen LogP contribution in [-0.2, 0) is 0 Å². The predicted octanol–water partition coefficient (Wildman–Crippen LogP) is 4.00. The summed E-state index contributed by atoms with van der Waals surface area (Å²) in [6, 6.07) is 4.76. The summed E-state index contributed by atoms with van der Waals surface area (Å²) < 4.78 is 13.5. The average Bonchev–Trinajstić information content (AvgIpc) is 2.61. The highest BCUT2D eigenvalue weighted by atomic mass is 19.1. The van der Waals surface area contributed by atoms with Crippen molar-refractivity contribution in [2.45, 2.75) is 34.6 Å². The summed E-state index contributed by atoms with van der Waals surface area (Å²) in [5.41, 5.74) is 1.09. The maximum atomic E-state index is 13.5. The Labute approximate surface area is 102 Å². The van der Waals surface area contributed by atoms with Crippen molar-refractivity contribution >= 4 is 5.78 Å². The van der Waals surface area contributed by atoms with Gasteiger partial charge in [0, 0.05) is 11.5 Å². The van der Waals surface area contributed by atoms with E-state index in [-0.39, 0.29) is 28.3 Å². The van der Waals surface area contributed by atoms with E-state index >= 15 is 0 Å². The predicted molar refractivity (Wildman–Crippen MR) is 66.5 cm³/mol. The third-order valence-corrected chi connectivity index (χ3v) is 4.74. The van der Waals surface area contributed by atoms with Crippen molar-refractivity contribution in [2.24, 2.45) is 16.7 Å². The normalized spacial score (nSPS) is 21.3. The highest BCUT2D eigenvalue weighted by Crippen LogP contribution is 2.69. The van der Waals surface area contributed by atoms with Gasteiger partial charge in [0.15, 0.2) is 5.78 Å². The van der Waals surface area contributed by atoms with Gasteiger partial charge in [-0.15, -0.1) is 0 Å². The molecule has 2 heteroatoms. The lowest BCUT2D eigenvalue weighted by molar-refractivity contribution is 0.0944. The van der Waals surface area contributed by atoms with Crippen LogP contribution in [0, 0.1) is 29.5 Å². The van der Waals surface area contributed by atoms with Gasteiger partial charge in [0.2, 0.25) is 0 Å². The number of Topliss-reactive ketones (excluding diaryl/α,β-unsaturated/α-hetero) is 1. The van der Waals surface area contributed by atoms with Crippen LogP contribution < -0.4 is 0 Å². The molecular formula is C15H19FO. The minimum Gasteiger partial charge on any atom is -0.294 e. The van der Waals surface area contributed by atoms with E-state index in [1.807, 2.05) is 0 Å². The van der Waals surface area contributed by atoms with Crippen molar-refractivity contribution < 1.29 is 9.18 Å². The van der Waals surface area contributed by atoms with Crippen molar-refractivity contribution in [1.82, 2.24) is 0 Å². The Bertz CT molecular complexity index is 472. The molecule has 1 aromatic rings. The number of hydrogen-bond donors (Lipinski definition) is 0. The summed E-state index contributed by atoms with van der Waals surface area (Å²) in [5.74, 6) is -0.233. The molecule has 0 saturated heterocycles. The first-order valence-corrected chi connectivity index (χ1v) is 6.00. The number of hydrogen-bond acceptors (Lipinski definition) is 1. The Balaban J connectivity index is 2.31. The highest BCUT2D eigenvalue weighted by Gasteiger charge is 2.67. The minimum atomic E-state index is -0.299. The number of aryl methyl sites for hydroxylation is 1. The maximum Gasteiger partial charge on any atom is 0.167 e. The molecule has 0 unspecified atom stereocenters. The molecule has 0 amide bonds. The van der Waals surface area contributed by atoms with Crippen molar-refractivity contribution in [3.05, 3.63) is 35.1 Å². The smallest absolute Gasteiger partial charge is 0.167 e. The van der Waals surface area contributed by atoms with Gasteiger partial charge in [0.05, 0.1) is 0 Å². The first-order chi connectivity index (χ1) is 7.69. The van der Waals surface area contributed by atoms with Gasteiger partial charge in [0.1, 0.15) is 5.82 Å². The van der Waals surface area contributed by atoms with Crippen molar-refractivity contribution in [1.29, 1.82) is 0 Å². The largest absolute Gasteiger partial charge is 0.294 e. The Hall–Kier alpha value is -1.18. The molecule has 0 aromatic heterocycles. The Morgan fingerprint density at radius 1 is 1.18 bits per heavy atom. The molecule has 1 aliphatic carbocycles. The second-order valence-corrected chi connectivity index (χ2v) is 6.20. The SMILES string of the molecule is Cc1ccc(C(=O)C2C(C)(C)C2(C)C)cc1F.